The van der Waals surface area contributed by atoms with Crippen LogP contribution in [0.2, 0.25) is 0 Å². The molecule has 1 atom stereocenters. The van der Waals surface area contributed by atoms with Crippen LogP contribution in [0.5, 0.6) is 0 Å². The van der Waals surface area contributed by atoms with Gasteiger partial charge in [-0.05, 0) is 24.5 Å². The predicted molar refractivity (Wildman–Crippen MR) is 110 cm³/mol. The van der Waals surface area contributed by atoms with Gasteiger partial charge in [-0.15, -0.1) is 0 Å². The van der Waals surface area contributed by atoms with Gasteiger partial charge in [0.2, 0.25) is 0 Å². The molecular formula is C22H32N4. The SMILES string of the molecule is CC[C@H](C)Nc1cc(N2Cc3ccccc3C(C)(C)C2)nc(C(C)C)n1. The molecule has 1 aliphatic heterocycles. The summed E-state index contributed by atoms with van der Waals surface area (Å²) in [5.41, 5.74) is 2.94. The highest BCUT2D eigenvalue weighted by Gasteiger charge is 2.32. The molecule has 0 radical (unpaired) electrons. The average molecular weight is 353 g/mol. The highest BCUT2D eigenvalue weighted by Crippen LogP contribution is 2.35. The minimum Gasteiger partial charge on any atom is -0.367 e. The minimum atomic E-state index is 0.0993. The fourth-order valence-electron chi connectivity index (χ4n) is 3.61. The molecule has 0 saturated carbocycles. The fourth-order valence-corrected chi connectivity index (χ4v) is 3.61. The van der Waals surface area contributed by atoms with Gasteiger partial charge in [0.05, 0.1) is 0 Å². The number of benzene rings is 1. The van der Waals surface area contributed by atoms with E-state index in [0.29, 0.717) is 12.0 Å². The first-order valence-electron chi connectivity index (χ1n) is 9.79. The largest absolute Gasteiger partial charge is 0.367 e. The second-order valence-corrected chi connectivity index (χ2v) is 8.48. The summed E-state index contributed by atoms with van der Waals surface area (Å²) < 4.78 is 0. The van der Waals surface area contributed by atoms with E-state index in [9.17, 15) is 0 Å². The molecule has 0 unspecified atom stereocenters. The second-order valence-electron chi connectivity index (χ2n) is 8.48. The summed E-state index contributed by atoms with van der Waals surface area (Å²) in [5.74, 6) is 3.17. The zero-order valence-electron chi connectivity index (χ0n) is 17.0. The average Bonchev–Trinajstić information content (AvgIpc) is 2.60. The Hall–Kier alpha value is -2.10. The number of hydrogen-bond acceptors (Lipinski definition) is 4. The number of nitrogens with zero attached hydrogens (tertiary/aromatic N) is 3. The van der Waals surface area contributed by atoms with E-state index >= 15 is 0 Å². The molecule has 1 aromatic heterocycles. The van der Waals surface area contributed by atoms with Gasteiger partial charge in [0.25, 0.3) is 0 Å². The molecule has 0 saturated heterocycles. The molecule has 1 aromatic carbocycles. The van der Waals surface area contributed by atoms with Crippen molar-refractivity contribution < 1.29 is 0 Å². The summed E-state index contributed by atoms with van der Waals surface area (Å²) in [7, 11) is 0. The molecule has 0 bridgehead atoms. The van der Waals surface area contributed by atoms with Crippen molar-refractivity contribution in [3.63, 3.8) is 0 Å². The lowest BCUT2D eigenvalue weighted by Crippen LogP contribution is -2.42. The molecule has 140 valence electrons. The first-order chi connectivity index (χ1) is 12.3. The summed E-state index contributed by atoms with van der Waals surface area (Å²) in [6, 6.07) is 11.3. The van der Waals surface area contributed by atoms with Gasteiger partial charge in [0.15, 0.2) is 0 Å². The van der Waals surface area contributed by atoms with Crippen molar-refractivity contribution in [3.8, 4) is 0 Å². The van der Waals surface area contributed by atoms with Gasteiger partial charge in [-0.25, -0.2) is 9.97 Å². The first-order valence-corrected chi connectivity index (χ1v) is 9.79. The Balaban J connectivity index is 1.98. The number of anilines is 2. The Morgan fingerprint density at radius 1 is 1.15 bits per heavy atom. The van der Waals surface area contributed by atoms with Crippen LogP contribution in [0, 0.1) is 0 Å². The number of nitrogens with one attached hydrogen (secondary N) is 1. The Labute approximate surface area is 158 Å². The topological polar surface area (TPSA) is 41.0 Å². The summed E-state index contributed by atoms with van der Waals surface area (Å²) in [5, 5.41) is 3.53. The Morgan fingerprint density at radius 3 is 2.58 bits per heavy atom. The standard InChI is InChI=1S/C22H32N4/c1-7-16(4)23-19-12-20(25-21(24-19)15(2)3)26-13-17-10-8-9-11-18(17)22(5,6)14-26/h8-12,15-16H,7,13-14H2,1-6H3,(H,23,24,25)/t16-/m0/s1. The molecule has 0 fully saturated rings. The van der Waals surface area contributed by atoms with Gasteiger partial charge in [-0.2, -0.15) is 0 Å². The van der Waals surface area contributed by atoms with Crippen LogP contribution >= 0.6 is 0 Å². The van der Waals surface area contributed by atoms with Gasteiger partial charge in [-0.1, -0.05) is 58.9 Å². The fraction of sp³-hybridized carbons (Fsp3) is 0.545. The molecule has 0 aliphatic carbocycles. The monoisotopic (exact) mass is 352 g/mol. The predicted octanol–water partition coefficient (Wildman–Crippen LogP) is 5.11. The molecule has 1 N–H and O–H groups in total. The smallest absolute Gasteiger partial charge is 0.135 e. The Bertz CT molecular complexity index is 766. The molecular weight excluding hydrogens is 320 g/mol. The van der Waals surface area contributed by atoms with Crippen molar-refractivity contribution in [1.82, 2.24) is 9.97 Å². The molecule has 0 amide bonds. The molecule has 26 heavy (non-hydrogen) atoms. The maximum atomic E-state index is 4.90. The quantitative estimate of drug-likeness (QED) is 0.812. The Kier molecular flexibility index (Phi) is 5.22. The van der Waals surface area contributed by atoms with Crippen LogP contribution in [0.25, 0.3) is 0 Å². The van der Waals surface area contributed by atoms with Crippen molar-refractivity contribution in [2.45, 2.75) is 71.9 Å². The van der Waals surface area contributed by atoms with Crippen molar-refractivity contribution in [1.29, 1.82) is 0 Å². The van der Waals surface area contributed by atoms with Crippen LogP contribution < -0.4 is 10.2 Å². The van der Waals surface area contributed by atoms with Crippen LogP contribution in [0.15, 0.2) is 30.3 Å². The number of hydrogen-bond donors (Lipinski definition) is 1. The van der Waals surface area contributed by atoms with Gasteiger partial charge >= 0.3 is 0 Å². The lowest BCUT2D eigenvalue weighted by atomic mass is 9.78. The number of aromatic nitrogens is 2. The van der Waals surface area contributed by atoms with Crippen LogP contribution in [0.1, 0.15) is 70.8 Å². The van der Waals surface area contributed by atoms with Gasteiger partial charge in [0, 0.05) is 36.5 Å². The van der Waals surface area contributed by atoms with E-state index in [1.54, 1.807) is 0 Å². The third kappa shape index (κ3) is 3.84. The molecule has 4 heteroatoms. The highest BCUT2D eigenvalue weighted by atomic mass is 15.2. The first kappa shape index (κ1) is 18.7. The van der Waals surface area contributed by atoms with Crippen LogP contribution in [0.3, 0.4) is 0 Å². The summed E-state index contributed by atoms with van der Waals surface area (Å²) in [6.07, 6.45) is 1.07. The maximum Gasteiger partial charge on any atom is 0.135 e. The van der Waals surface area contributed by atoms with Crippen molar-refractivity contribution in [3.05, 3.63) is 47.3 Å². The van der Waals surface area contributed by atoms with Gasteiger partial charge < -0.3 is 10.2 Å². The van der Waals surface area contributed by atoms with E-state index in [-0.39, 0.29) is 5.41 Å². The lowest BCUT2D eigenvalue weighted by Gasteiger charge is -2.40. The van der Waals surface area contributed by atoms with E-state index in [1.165, 1.54) is 11.1 Å². The second kappa shape index (κ2) is 7.26. The lowest BCUT2D eigenvalue weighted by molar-refractivity contribution is 0.474. The van der Waals surface area contributed by atoms with Crippen LogP contribution in [-0.2, 0) is 12.0 Å². The third-order valence-electron chi connectivity index (χ3n) is 5.27. The molecule has 4 nitrogen and oxygen atoms in total. The van der Waals surface area contributed by atoms with Crippen molar-refractivity contribution >= 4 is 11.6 Å². The van der Waals surface area contributed by atoms with E-state index in [0.717, 1.165) is 37.0 Å². The molecule has 1 aliphatic rings. The highest BCUT2D eigenvalue weighted by molar-refractivity contribution is 5.53. The summed E-state index contributed by atoms with van der Waals surface area (Å²) in [4.78, 5) is 12.1. The zero-order chi connectivity index (χ0) is 18.9. The van der Waals surface area contributed by atoms with Gasteiger partial charge in [0.1, 0.15) is 17.5 Å². The molecule has 2 heterocycles. The van der Waals surface area contributed by atoms with Gasteiger partial charge in [-0.3, -0.25) is 0 Å². The third-order valence-corrected chi connectivity index (χ3v) is 5.27. The normalized spacial score (nSPS) is 17.1. The summed E-state index contributed by atoms with van der Waals surface area (Å²) in [6.45, 7) is 15.2. The Morgan fingerprint density at radius 2 is 1.88 bits per heavy atom. The van der Waals surface area contributed by atoms with E-state index in [2.05, 4.69) is 82.1 Å². The molecule has 3 rings (SSSR count). The molecule has 0 spiro atoms. The van der Waals surface area contributed by atoms with Crippen molar-refractivity contribution in [2.24, 2.45) is 0 Å². The zero-order valence-corrected chi connectivity index (χ0v) is 17.0. The number of fused-ring (bicyclic) bond motifs is 1. The number of rotatable bonds is 5. The summed E-state index contributed by atoms with van der Waals surface area (Å²) >= 11 is 0. The van der Waals surface area contributed by atoms with Crippen molar-refractivity contribution in [2.75, 3.05) is 16.8 Å². The van der Waals surface area contributed by atoms with E-state index in [4.69, 9.17) is 9.97 Å². The van der Waals surface area contributed by atoms with Crippen LogP contribution in [-0.4, -0.2) is 22.6 Å². The van der Waals surface area contributed by atoms with E-state index in [1.807, 2.05) is 0 Å². The maximum absolute atomic E-state index is 4.90. The minimum absolute atomic E-state index is 0.0993. The van der Waals surface area contributed by atoms with Crippen LogP contribution in [0.4, 0.5) is 11.6 Å². The molecule has 2 aromatic rings. The van der Waals surface area contributed by atoms with E-state index < -0.39 is 0 Å².